The van der Waals surface area contributed by atoms with Gasteiger partial charge in [-0.05, 0) is 62.2 Å². The Morgan fingerprint density at radius 3 is 2.41 bits per heavy atom. The molecule has 3 fully saturated rings. The fourth-order valence-corrected chi connectivity index (χ4v) is 5.85. The second-order valence-electron chi connectivity index (χ2n) is 7.97. The molecular weight excluding hydrogens is 278 g/mol. The van der Waals surface area contributed by atoms with Gasteiger partial charge in [0.25, 0.3) is 0 Å². The Labute approximate surface area is 131 Å². The van der Waals surface area contributed by atoms with Crippen LogP contribution in [-0.2, 0) is 9.59 Å². The van der Waals surface area contributed by atoms with Gasteiger partial charge in [0.05, 0.1) is 11.8 Å². The van der Waals surface area contributed by atoms with E-state index in [0.29, 0.717) is 5.92 Å². The lowest BCUT2D eigenvalue weighted by molar-refractivity contribution is -0.148. The molecule has 1 amide bonds. The Hall–Kier alpha value is -1.32. The Morgan fingerprint density at radius 2 is 1.82 bits per heavy atom. The van der Waals surface area contributed by atoms with Crippen molar-refractivity contribution in [1.82, 2.24) is 5.32 Å². The smallest absolute Gasteiger partial charge is 0.307 e. The minimum atomic E-state index is -0.815. The largest absolute Gasteiger partial charge is 0.481 e. The molecule has 4 nitrogen and oxygen atoms in total. The molecule has 2 N–H and O–H groups in total. The monoisotopic (exact) mass is 303 g/mol. The Morgan fingerprint density at radius 1 is 1.09 bits per heavy atom. The average molecular weight is 303 g/mol. The van der Waals surface area contributed by atoms with Gasteiger partial charge in [0.1, 0.15) is 0 Å². The highest BCUT2D eigenvalue weighted by Crippen LogP contribution is 2.50. The van der Waals surface area contributed by atoms with Crippen molar-refractivity contribution >= 4 is 11.9 Å². The Bertz CT molecular complexity index is 528. The summed E-state index contributed by atoms with van der Waals surface area (Å²) in [6.07, 6.45) is 10.1. The van der Waals surface area contributed by atoms with Crippen molar-refractivity contribution in [3.05, 3.63) is 12.2 Å². The van der Waals surface area contributed by atoms with Gasteiger partial charge in [-0.15, -0.1) is 0 Å². The number of rotatable bonds is 4. The third kappa shape index (κ3) is 2.10. The molecule has 4 rings (SSSR count). The number of hydrogen-bond acceptors (Lipinski definition) is 2. The van der Waals surface area contributed by atoms with Crippen molar-refractivity contribution < 1.29 is 14.7 Å². The Balaban J connectivity index is 1.43. The molecule has 8 atom stereocenters. The third-order valence-electron chi connectivity index (χ3n) is 6.85. The van der Waals surface area contributed by atoms with Crippen molar-refractivity contribution in [1.29, 1.82) is 0 Å². The lowest BCUT2D eigenvalue weighted by Gasteiger charge is -2.31. The van der Waals surface area contributed by atoms with Crippen LogP contribution in [0.2, 0.25) is 0 Å². The minimum Gasteiger partial charge on any atom is -0.481 e. The molecule has 0 aliphatic heterocycles. The number of carbonyl (C=O) groups is 2. The van der Waals surface area contributed by atoms with Crippen LogP contribution in [0.4, 0.5) is 0 Å². The summed E-state index contributed by atoms with van der Waals surface area (Å²) in [6.45, 7) is 2.11. The van der Waals surface area contributed by atoms with Gasteiger partial charge >= 0.3 is 5.97 Å². The summed E-state index contributed by atoms with van der Waals surface area (Å²) < 4.78 is 0. The van der Waals surface area contributed by atoms with Crippen LogP contribution < -0.4 is 5.32 Å². The molecule has 0 aromatic rings. The average Bonchev–Trinajstić information content (AvgIpc) is 3.24. The molecule has 22 heavy (non-hydrogen) atoms. The van der Waals surface area contributed by atoms with Crippen LogP contribution in [0.25, 0.3) is 0 Å². The SMILES string of the molecule is C[C@@H](NC(=O)[C@H]1[C@@H](C(=O)O)[C@H]2C=C[C@H]1C2)[C@@H]1C[C@@H]2CC[C@@H]1C2. The van der Waals surface area contributed by atoms with Crippen molar-refractivity contribution in [3.63, 3.8) is 0 Å². The van der Waals surface area contributed by atoms with Crippen LogP contribution in [0.3, 0.4) is 0 Å². The van der Waals surface area contributed by atoms with E-state index < -0.39 is 11.9 Å². The van der Waals surface area contributed by atoms with Crippen molar-refractivity contribution in [2.45, 2.75) is 45.1 Å². The van der Waals surface area contributed by atoms with Gasteiger partial charge in [0.2, 0.25) is 5.91 Å². The maximum Gasteiger partial charge on any atom is 0.307 e. The van der Waals surface area contributed by atoms with Gasteiger partial charge in [-0.25, -0.2) is 0 Å². The number of amides is 1. The van der Waals surface area contributed by atoms with Crippen molar-refractivity contribution in [2.24, 2.45) is 41.4 Å². The molecule has 4 aliphatic rings. The molecule has 4 aliphatic carbocycles. The summed E-state index contributed by atoms with van der Waals surface area (Å²) in [5.41, 5.74) is 0. The predicted molar refractivity (Wildman–Crippen MR) is 81.9 cm³/mol. The fourth-order valence-electron chi connectivity index (χ4n) is 5.85. The molecule has 120 valence electrons. The van der Waals surface area contributed by atoms with Crippen molar-refractivity contribution in [2.75, 3.05) is 0 Å². The van der Waals surface area contributed by atoms with Crippen LogP contribution in [0.5, 0.6) is 0 Å². The summed E-state index contributed by atoms with van der Waals surface area (Å²) in [7, 11) is 0. The number of hydrogen-bond donors (Lipinski definition) is 2. The first-order valence-electron chi connectivity index (χ1n) is 8.76. The topological polar surface area (TPSA) is 66.4 Å². The summed E-state index contributed by atoms with van der Waals surface area (Å²) in [5.74, 6) is 0.677. The number of carboxylic acids is 1. The van der Waals surface area contributed by atoms with Gasteiger partial charge in [0.15, 0.2) is 0 Å². The number of carboxylic acid groups (broad SMARTS) is 1. The molecule has 0 saturated heterocycles. The molecule has 0 aromatic carbocycles. The maximum atomic E-state index is 12.7. The van der Waals surface area contributed by atoms with Crippen LogP contribution in [0.15, 0.2) is 12.2 Å². The van der Waals surface area contributed by atoms with E-state index in [1.807, 2.05) is 6.08 Å². The molecule has 4 heteroatoms. The van der Waals surface area contributed by atoms with E-state index in [4.69, 9.17) is 0 Å². The number of allylic oxidation sites excluding steroid dienone is 2. The van der Waals surface area contributed by atoms with Gasteiger partial charge < -0.3 is 10.4 Å². The highest BCUT2D eigenvalue weighted by atomic mass is 16.4. The maximum absolute atomic E-state index is 12.7. The van der Waals surface area contributed by atoms with Gasteiger partial charge in [-0.3, -0.25) is 9.59 Å². The number of carbonyl (C=O) groups excluding carboxylic acids is 1. The summed E-state index contributed by atoms with van der Waals surface area (Å²) in [4.78, 5) is 24.3. The lowest BCUT2D eigenvalue weighted by atomic mass is 9.81. The number of aliphatic carboxylic acids is 1. The van der Waals surface area contributed by atoms with Gasteiger partial charge in [0, 0.05) is 6.04 Å². The van der Waals surface area contributed by atoms with E-state index in [1.165, 1.54) is 25.7 Å². The van der Waals surface area contributed by atoms with E-state index in [0.717, 1.165) is 18.3 Å². The quantitative estimate of drug-likeness (QED) is 0.784. The van der Waals surface area contributed by atoms with E-state index in [-0.39, 0.29) is 29.7 Å². The van der Waals surface area contributed by atoms with Crippen LogP contribution in [0.1, 0.15) is 39.0 Å². The summed E-state index contributed by atoms with van der Waals surface area (Å²) >= 11 is 0. The molecule has 0 radical (unpaired) electrons. The zero-order chi connectivity index (χ0) is 15.4. The zero-order valence-corrected chi connectivity index (χ0v) is 13.1. The Kier molecular flexibility index (Phi) is 3.31. The number of fused-ring (bicyclic) bond motifs is 4. The molecule has 0 heterocycles. The number of nitrogens with one attached hydrogen (secondary N) is 1. The zero-order valence-electron chi connectivity index (χ0n) is 13.1. The molecule has 4 bridgehead atoms. The van der Waals surface area contributed by atoms with Crippen LogP contribution in [0, 0.1) is 41.4 Å². The predicted octanol–water partition coefficient (Wildman–Crippen LogP) is 2.45. The van der Waals surface area contributed by atoms with Crippen LogP contribution in [-0.4, -0.2) is 23.0 Å². The molecular formula is C18H25NO3. The highest BCUT2D eigenvalue weighted by molar-refractivity contribution is 5.87. The molecule has 0 spiro atoms. The second-order valence-corrected chi connectivity index (χ2v) is 7.97. The molecule has 3 saturated carbocycles. The normalized spacial score (nSPS) is 46.1. The van der Waals surface area contributed by atoms with Crippen LogP contribution >= 0.6 is 0 Å². The fraction of sp³-hybridized carbons (Fsp3) is 0.778. The van der Waals surface area contributed by atoms with E-state index in [9.17, 15) is 14.7 Å². The van der Waals surface area contributed by atoms with Gasteiger partial charge in [-0.2, -0.15) is 0 Å². The second kappa shape index (κ2) is 5.10. The summed E-state index contributed by atoms with van der Waals surface area (Å²) in [5, 5.41) is 12.7. The first-order chi connectivity index (χ1) is 10.5. The standard InChI is InChI=1S/C18H25NO3/c1-9(14-7-10-2-3-11(14)6-10)19-17(20)15-12-4-5-13(8-12)16(15)18(21)22/h4-5,9-16H,2-3,6-8H2,1H3,(H,19,20)(H,21,22)/t9-,10-,11-,12+,13+,14+,15-,16+/m1/s1. The van der Waals surface area contributed by atoms with E-state index in [1.54, 1.807) is 0 Å². The third-order valence-corrected chi connectivity index (χ3v) is 6.85. The first-order valence-corrected chi connectivity index (χ1v) is 8.76. The van der Waals surface area contributed by atoms with Gasteiger partial charge in [-0.1, -0.05) is 18.6 Å². The van der Waals surface area contributed by atoms with Crippen molar-refractivity contribution in [3.8, 4) is 0 Å². The lowest BCUT2D eigenvalue weighted by Crippen LogP contribution is -2.46. The highest BCUT2D eigenvalue weighted by Gasteiger charge is 2.52. The minimum absolute atomic E-state index is 0.0282. The van der Waals surface area contributed by atoms with E-state index >= 15 is 0 Å². The first kappa shape index (κ1) is 14.3. The summed E-state index contributed by atoms with van der Waals surface area (Å²) in [6, 6.07) is 0.181. The van der Waals surface area contributed by atoms with E-state index in [2.05, 4.69) is 18.3 Å². The molecule has 0 aromatic heterocycles. The molecule has 0 unspecified atom stereocenters.